The van der Waals surface area contributed by atoms with Crippen LogP contribution in [0.25, 0.3) is 0 Å². The molecule has 110 valence electrons. The lowest BCUT2D eigenvalue weighted by Crippen LogP contribution is -2.56. The molecular weight excluding hydrogens is 391 g/mol. The number of alkyl halides is 3. The molecule has 0 bridgehead atoms. The van der Waals surface area contributed by atoms with Crippen LogP contribution in [0.1, 0.15) is 47.0 Å². The number of hydrogen-bond acceptors (Lipinski definition) is 1. The topological polar surface area (TPSA) is 20.2 Å². The van der Waals surface area contributed by atoms with Crippen LogP contribution in [0.5, 0.6) is 0 Å². The van der Waals surface area contributed by atoms with E-state index in [1.54, 1.807) is 0 Å². The number of aliphatic hydroxyl groups excluding tert-OH is 1. The maximum atomic E-state index is 10.2. The predicted molar refractivity (Wildman–Crippen MR) is 89.5 cm³/mol. The van der Waals surface area contributed by atoms with Crippen LogP contribution >= 0.6 is 43.5 Å². The van der Waals surface area contributed by atoms with E-state index >= 15 is 0 Å². The first-order valence-electron chi connectivity index (χ1n) is 6.89. The Kier molecular flexibility index (Phi) is 4.29. The molecule has 1 fully saturated rings. The third-order valence-electron chi connectivity index (χ3n) is 5.62. The van der Waals surface area contributed by atoms with E-state index in [-0.39, 0.29) is 20.5 Å². The van der Waals surface area contributed by atoms with Crippen LogP contribution in [0.4, 0.5) is 0 Å². The Morgan fingerprint density at radius 1 is 1.26 bits per heavy atom. The number of rotatable bonds is 0. The summed E-state index contributed by atoms with van der Waals surface area (Å²) >= 11 is 14.1. The molecule has 2 aliphatic rings. The zero-order chi connectivity index (χ0) is 14.6. The van der Waals surface area contributed by atoms with E-state index in [1.807, 2.05) is 6.08 Å². The summed E-state index contributed by atoms with van der Waals surface area (Å²) in [7, 11) is 0. The second kappa shape index (κ2) is 5.00. The van der Waals surface area contributed by atoms with Gasteiger partial charge in [0, 0.05) is 4.83 Å². The van der Waals surface area contributed by atoms with Crippen molar-refractivity contribution in [2.75, 3.05) is 0 Å². The number of halogens is 3. The van der Waals surface area contributed by atoms with E-state index in [1.165, 1.54) is 5.57 Å². The Morgan fingerprint density at radius 3 is 2.37 bits per heavy atom. The first-order valence-corrected chi connectivity index (χ1v) is 9.09. The van der Waals surface area contributed by atoms with Crippen molar-refractivity contribution in [3.8, 4) is 0 Å². The van der Waals surface area contributed by atoms with Crippen molar-refractivity contribution in [1.82, 2.24) is 0 Å². The van der Waals surface area contributed by atoms with E-state index in [4.69, 9.17) is 11.6 Å². The van der Waals surface area contributed by atoms with Gasteiger partial charge in [-0.25, -0.2) is 0 Å². The van der Waals surface area contributed by atoms with Crippen LogP contribution in [-0.2, 0) is 0 Å². The zero-order valence-corrected chi connectivity index (χ0v) is 15.9. The van der Waals surface area contributed by atoms with Crippen molar-refractivity contribution in [2.24, 2.45) is 10.8 Å². The zero-order valence-electron chi connectivity index (χ0n) is 12.0. The molecule has 2 rings (SSSR count). The Balaban J connectivity index is 2.45. The van der Waals surface area contributed by atoms with Gasteiger partial charge in [0.05, 0.1) is 15.8 Å². The molecule has 0 saturated heterocycles. The molecule has 5 atom stereocenters. The van der Waals surface area contributed by atoms with Gasteiger partial charge in [-0.3, -0.25) is 0 Å². The fourth-order valence-electron chi connectivity index (χ4n) is 3.88. The molecule has 0 aromatic heterocycles. The normalized spacial score (nSPS) is 50.1. The third kappa shape index (κ3) is 2.37. The maximum Gasteiger partial charge on any atom is 0.0854 e. The van der Waals surface area contributed by atoms with Gasteiger partial charge in [0.25, 0.3) is 0 Å². The molecule has 0 aromatic carbocycles. The maximum absolute atomic E-state index is 10.2. The first-order chi connectivity index (χ1) is 8.54. The third-order valence-corrected chi connectivity index (χ3v) is 9.36. The monoisotopic (exact) mass is 412 g/mol. The second-order valence-electron chi connectivity index (χ2n) is 7.00. The first kappa shape index (κ1) is 16.3. The molecule has 0 aromatic rings. The van der Waals surface area contributed by atoms with Crippen LogP contribution in [0.2, 0.25) is 0 Å². The molecule has 1 N–H and O–H groups in total. The summed E-state index contributed by atoms with van der Waals surface area (Å²) in [6, 6.07) is 0. The highest BCUT2D eigenvalue weighted by atomic mass is 79.9. The number of allylic oxidation sites excluding steroid dienone is 1. The lowest BCUT2D eigenvalue weighted by atomic mass is 9.50. The van der Waals surface area contributed by atoms with Crippen molar-refractivity contribution in [2.45, 2.75) is 67.6 Å². The average molecular weight is 415 g/mol. The summed E-state index contributed by atoms with van der Waals surface area (Å²) in [4.78, 5) is 0.218. The van der Waals surface area contributed by atoms with Crippen molar-refractivity contribution in [1.29, 1.82) is 0 Å². The highest BCUT2D eigenvalue weighted by molar-refractivity contribution is 9.09. The lowest BCUT2D eigenvalue weighted by Gasteiger charge is -2.59. The molecule has 0 radical (unpaired) electrons. The van der Waals surface area contributed by atoms with Gasteiger partial charge in [0.1, 0.15) is 0 Å². The van der Waals surface area contributed by atoms with Gasteiger partial charge < -0.3 is 5.11 Å². The fraction of sp³-hybridized carbons (Fsp3) is 0.867. The van der Waals surface area contributed by atoms with E-state index in [0.717, 1.165) is 19.3 Å². The largest absolute Gasteiger partial charge is 0.388 e. The molecule has 1 saturated carbocycles. The smallest absolute Gasteiger partial charge is 0.0854 e. The van der Waals surface area contributed by atoms with Gasteiger partial charge in [-0.15, -0.1) is 11.6 Å². The lowest BCUT2D eigenvalue weighted by molar-refractivity contribution is 0.0124. The standard InChI is InChI=1S/C15H23Br2ClO/c1-9-7-10(19)12(17)13(2,3)15(9)6-5-14(4,18)11(16)8-15/h7,10-12,19H,5-6,8H2,1-4H3/t10-,11?,12?,14?,15-/m0/s1. The van der Waals surface area contributed by atoms with Gasteiger partial charge in [-0.2, -0.15) is 0 Å². The van der Waals surface area contributed by atoms with Gasteiger partial charge in [-0.05, 0) is 43.9 Å². The summed E-state index contributed by atoms with van der Waals surface area (Å²) in [5, 5.41) is 10.2. The summed E-state index contributed by atoms with van der Waals surface area (Å²) in [6.07, 6.45) is 4.73. The molecule has 19 heavy (non-hydrogen) atoms. The summed E-state index contributed by atoms with van der Waals surface area (Å²) in [6.45, 7) is 8.82. The Labute approximate surface area is 138 Å². The molecule has 0 aliphatic heterocycles. The average Bonchev–Trinajstić information content (AvgIpc) is 2.29. The minimum Gasteiger partial charge on any atom is -0.388 e. The molecule has 1 spiro atoms. The molecule has 2 aliphatic carbocycles. The van der Waals surface area contributed by atoms with E-state index in [0.29, 0.717) is 4.83 Å². The van der Waals surface area contributed by atoms with Gasteiger partial charge >= 0.3 is 0 Å². The quantitative estimate of drug-likeness (QED) is 0.435. The highest BCUT2D eigenvalue weighted by Crippen LogP contribution is 2.63. The van der Waals surface area contributed by atoms with E-state index in [2.05, 4.69) is 59.6 Å². The summed E-state index contributed by atoms with van der Waals surface area (Å²) in [5.41, 5.74) is 1.44. The Morgan fingerprint density at radius 2 is 1.84 bits per heavy atom. The van der Waals surface area contributed by atoms with E-state index in [9.17, 15) is 5.11 Å². The van der Waals surface area contributed by atoms with Crippen LogP contribution in [0, 0.1) is 10.8 Å². The fourth-order valence-corrected chi connectivity index (χ4v) is 5.42. The minimum atomic E-state index is -0.404. The van der Waals surface area contributed by atoms with Crippen LogP contribution in [0.15, 0.2) is 11.6 Å². The summed E-state index contributed by atoms with van der Waals surface area (Å²) < 4.78 is 0. The molecule has 4 heteroatoms. The molecule has 3 unspecified atom stereocenters. The van der Waals surface area contributed by atoms with Gasteiger partial charge in [0.2, 0.25) is 0 Å². The van der Waals surface area contributed by atoms with Crippen LogP contribution in [0.3, 0.4) is 0 Å². The number of hydrogen-bond donors (Lipinski definition) is 1. The number of aliphatic hydroxyl groups is 1. The Hall–Kier alpha value is 0.950. The van der Waals surface area contributed by atoms with Crippen molar-refractivity contribution < 1.29 is 5.11 Å². The van der Waals surface area contributed by atoms with Crippen LogP contribution in [-0.4, -0.2) is 25.7 Å². The molecule has 0 heterocycles. The van der Waals surface area contributed by atoms with Crippen molar-refractivity contribution in [3.63, 3.8) is 0 Å². The molecule has 0 amide bonds. The predicted octanol–water partition coefficient (Wildman–Crippen LogP) is 5.03. The van der Waals surface area contributed by atoms with E-state index < -0.39 is 6.10 Å². The van der Waals surface area contributed by atoms with Crippen molar-refractivity contribution in [3.05, 3.63) is 11.6 Å². The highest BCUT2D eigenvalue weighted by Gasteiger charge is 2.58. The molecule has 1 nitrogen and oxygen atoms in total. The minimum absolute atomic E-state index is 0.00462. The van der Waals surface area contributed by atoms with Crippen LogP contribution < -0.4 is 0 Å². The summed E-state index contributed by atoms with van der Waals surface area (Å²) in [5.74, 6) is 0. The second-order valence-corrected chi connectivity index (χ2v) is 9.95. The van der Waals surface area contributed by atoms with Crippen molar-refractivity contribution >= 4 is 43.5 Å². The molecular formula is C15H23Br2ClO. The Bertz CT molecular complexity index is 405. The SMILES string of the molecule is CC1=C[C@H](O)C(Br)C(C)(C)[C@]12CCC(C)(Cl)C(Br)C2. The van der Waals surface area contributed by atoms with Gasteiger partial charge in [-0.1, -0.05) is 57.4 Å². The van der Waals surface area contributed by atoms with Gasteiger partial charge in [0.15, 0.2) is 0 Å².